The van der Waals surface area contributed by atoms with E-state index in [0.29, 0.717) is 61.8 Å². The predicted octanol–water partition coefficient (Wildman–Crippen LogP) is 4.61. The number of carbonyl (C=O) groups excluding carboxylic acids is 1. The van der Waals surface area contributed by atoms with Gasteiger partial charge in [0.1, 0.15) is 11.5 Å². The number of pyridine rings is 1. The summed E-state index contributed by atoms with van der Waals surface area (Å²) < 4.78 is 10.7. The van der Waals surface area contributed by atoms with E-state index in [-0.39, 0.29) is 12.5 Å². The molecule has 0 spiro atoms. The Morgan fingerprint density at radius 2 is 1.74 bits per heavy atom. The first-order chi connectivity index (χ1) is 16.5. The lowest BCUT2D eigenvalue weighted by Gasteiger charge is -2.14. The van der Waals surface area contributed by atoms with Crippen LogP contribution in [0, 0.1) is 0 Å². The number of H-pyrrole nitrogens is 1. The van der Waals surface area contributed by atoms with Crippen molar-refractivity contribution in [3.63, 3.8) is 0 Å². The van der Waals surface area contributed by atoms with E-state index in [0.717, 1.165) is 5.69 Å². The van der Waals surface area contributed by atoms with Crippen molar-refractivity contribution in [2.75, 3.05) is 38.0 Å². The van der Waals surface area contributed by atoms with Gasteiger partial charge < -0.3 is 25.2 Å². The van der Waals surface area contributed by atoms with Crippen LogP contribution >= 0.6 is 23.2 Å². The molecule has 4 rings (SSSR count). The SMILES string of the molecule is COc1cc(OC)c(Cl)c(-c2ccc3c(NC(=O)c4ccc(NCCO)cc4)n[nH]c3n2)c1Cl. The number of fused-ring (bicyclic) bond motifs is 1. The number of rotatable bonds is 8. The molecule has 2 aromatic heterocycles. The third kappa shape index (κ3) is 4.58. The van der Waals surface area contributed by atoms with Crippen molar-refractivity contribution < 1.29 is 19.4 Å². The minimum absolute atomic E-state index is 0.0218. The maximum Gasteiger partial charge on any atom is 0.256 e. The van der Waals surface area contributed by atoms with Gasteiger partial charge in [-0.2, -0.15) is 5.10 Å². The maximum atomic E-state index is 12.7. The summed E-state index contributed by atoms with van der Waals surface area (Å²) in [6, 6.07) is 12.0. The molecule has 11 heteroatoms. The summed E-state index contributed by atoms with van der Waals surface area (Å²) in [5, 5.41) is 22.9. The zero-order valence-corrected chi connectivity index (χ0v) is 19.8. The van der Waals surface area contributed by atoms with Gasteiger partial charge in [0.2, 0.25) is 0 Å². The number of hydrogen-bond donors (Lipinski definition) is 4. The molecule has 2 heterocycles. The van der Waals surface area contributed by atoms with Crippen LogP contribution in [0.2, 0.25) is 10.0 Å². The second kappa shape index (κ2) is 10.2. The third-order valence-electron chi connectivity index (χ3n) is 5.07. The molecule has 0 aliphatic carbocycles. The van der Waals surface area contributed by atoms with Crippen molar-refractivity contribution in [2.45, 2.75) is 0 Å². The average molecular weight is 502 g/mol. The Balaban J connectivity index is 1.62. The Bertz CT molecular complexity index is 1310. The molecular weight excluding hydrogens is 481 g/mol. The Hall–Kier alpha value is -3.53. The number of hydrogen-bond acceptors (Lipinski definition) is 7. The molecule has 4 aromatic rings. The molecular formula is C23H21Cl2N5O4. The molecule has 34 heavy (non-hydrogen) atoms. The molecule has 176 valence electrons. The number of amides is 1. The summed E-state index contributed by atoms with van der Waals surface area (Å²) in [6.07, 6.45) is 0. The Kier molecular flexibility index (Phi) is 7.06. The number of aliphatic hydroxyl groups excluding tert-OH is 1. The zero-order chi connectivity index (χ0) is 24.2. The van der Waals surface area contributed by atoms with E-state index in [1.165, 1.54) is 14.2 Å². The van der Waals surface area contributed by atoms with Gasteiger partial charge >= 0.3 is 0 Å². The molecule has 0 fully saturated rings. The molecule has 0 aliphatic rings. The lowest BCUT2D eigenvalue weighted by atomic mass is 10.1. The van der Waals surface area contributed by atoms with Crippen LogP contribution in [0.3, 0.4) is 0 Å². The number of nitrogens with one attached hydrogen (secondary N) is 3. The predicted molar refractivity (Wildman–Crippen MR) is 132 cm³/mol. The minimum Gasteiger partial charge on any atom is -0.495 e. The van der Waals surface area contributed by atoms with Crippen LogP contribution in [0.15, 0.2) is 42.5 Å². The third-order valence-corrected chi connectivity index (χ3v) is 5.82. The van der Waals surface area contributed by atoms with Crippen LogP contribution < -0.4 is 20.1 Å². The molecule has 0 radical (unpaired) electrons. The molecule has 0 unspecified atom stereocenters. The van der Waals surface area contributed by atoms with E-state index < -0.39 is 0 Å². The van der Waals surface area contributed by atoms with Gasteiger partial charge in [-0.05, 0) is 36.4 Å². The van der Waals surface area contributed by atoms with E-state index >= 15 is 0 Å². The number of anilines is 2. The molecule has 2 aromatic carbocycles. The Morgan fingerprint density at radius 3 is 2.35 bits per heavy atom. The van der Waals surface area contributed by atoms with Gasteiger partial charge in [-0.25, -0.2) is 4.98 Å². The molecule has 4 N–H and O–H groups in total. The standard InChI is InChI=1S/C23H21Cl2N5O4/c1-33-16-11-17(34-2)20(25)18(19(16)24)15-8-7-14-21(27-15)29-30-22(14)28-23(32)12-3-5-13(6-4-12)26-9-10-31/h3-8,11,26,31H,9-10H2,1-2H3,(H2,27,28,29,30,32). The van der Waals surface area contributed by atoms with Crippen molar-refractivity contribution in [1.82, 2.24) is 15.2 Å². The first-order valence-corrected chi connectivity index (χ1v) is 10.9. The van der Waals surface area contributed by atoms with E-state index in [2.05, 4.69) is 25.8 Å². The fourth-order valence-electron chi connectivity index (χ4n) is 3.37. The number of nitrogens with zero attached hydrogens (tertiary/aromatic N) is 2. The first kappa shape index (κ1) is 23.6. The lowest BCUT2D eigenvalue weighted by molar-refractivity contribution is 0.102. The summed E-state index contributed by atoms with van der Waals surface area (Å²) in [4.78, 5) is 17.3. The van der Waals surface area contributed by atoms with Crippen LogP contribution in [0.5, 0.6) is 11.5 Å². The second-order valence-electron chi connectivity index (χ2n) is 7.13. The average Bonchev–Trinajstić information content (AvgIpc) is 3.25. The normalized spacial score (nSPS) is 10.9. The number of benzene rings is 2. The number of ether oxygens (including phenoxy) is 2. The lowest BCUT2D eigenvalue weighted by Crippen LogP contribution is -2.12. The van der Waals surface area contributed by atoms with Gasteiger partial charge in [-0.15, -0.1) is 0 Å². The van der Waals surface area contributed by atoms with Gasteiger partial charge in [0.25, 0.3) is 5.91 Å². The van der Waals surface area contributed by atoms with Crippen LogP contribution in [-0.2, 0) is 0 Å². The smallest absolute Gasteiger partial charge is 0.256 e. The van der Waals surface area contributed by atoms with Crippen LogP contribution in [0.25, 0.3) is 22.3 Å². The highest BCUT2D eigenvalue weighted by molar-refractivity contribution is 6.41. The summed E-state index contributed by atoms with van der Waals surface area (Å²) in [5.41, 5.74) is 2.63. The van der Waals surface area contributed by atoms with Gasteiger partial charge in [0.05, 0.1) is 42.0 Å². The number of aromatic nitrogens is 3. The van der Waals surface area contributed by atoms with Crippen molar-refractivity contribution in [3.8, 4) is 22.8 Å². The molecule has 9 nitrogen and oxygen atoms in total. The molecule has 0 saturated heterocycles. The summed E-state index contributed by atoms with van der Waals surface area (Å²) in [6.45, 7) is 0.451. The zero-order valence-electron chi connectivity index (χ0n) is 18.3. The minimum atomic E-state index is -0.324. The first-order valence-electron chi connectivity index (χ1n) is 10.2. The topological polar surface area (TPSA) is 121 Å². The Labute approximate surface area is 205 Å². The van der Waals surface area contributed by atoms with Crippen LogP contribution in [-0.4, -0.2) is 53.6 Å². The monoisotopic (exact) mass is 501 g/mol. The second-order valence-corrected chi connectivity index (χ2v) is 7.89. The summed E-state index contributed by atoms with van der Waals surface area (Å²) >= 11 is 13.0. The van der Waals surface area contributed by atoms with Crippen molar-refractivity contribution >= 4 is 51.6 Å². The van der Waals surface area contributed by atoms with Crippen molar-refractivity contribution in [1.29, 1.82) is 0 Å². The molecule has 0 bridgehead atoms. The fourth-order valence-corrected chi connectivity index (χ4v) is 4.06. The van der Waals surface area contributed by atoms with E-state index in [4.69, 9.17) is 37.8 Å². The van der Waals surface area contributed by atoms with E-state index in [1.807, 2.05) is 0 Å². The number of halogens is 2. The van der Waals surface area contributed by atoms with Crippen LogP contribution in [0.1, 0.15) is 10.4 Å². The largest absolute Gasteiger partial charge is 0.495 e. The molecule has 1 amide bonds. The van der Waals surface area contributed by atoms with E-state index in [9.17, 15) is 4.79 Å². The molecule has 0 saturated carbocycles. The maximum absolute atomic E-state index is 12.7. The van der Waals surface area contributed by atoms with Crippen LogP contribution in [0.4, 0.5) is 11.5 Å². The highest BCUT2D eigenvalue weighted by Crippen LogP contribution is 2.45. The summed E-state index contributed by atoms with van der Waals surface area (Å²) in [5.74, 6) is 0.807. The van der Waals surface area contributed by atoms with Gasteiger partial charge in [0.15, 0.2) is 11.5 Å². The van der Waals surface area contributed by atoms with Gasteiger partial charge in [-0.3, -0.25) is 9.89 Å². The number of methoxy groups -OCH3 is 2. The Morgan fingerprint density at radius 1 is 1.06 bits per heavy atom. The van der Waals surface area contributed by atoms with Gasteiger partial charge in [0, 0.05) is 29.4 Å². The van der Waals surface area contributed by atoms with E-state index in [1.54, 1.807) is 42.5 Å². The van der Waals surface area contributed by atoms with Gasteiger partial charge in [-0.1, -0.05) is 23.2 Å². The summed E-state index contributed by atoms with van der Waals surface area (Å²) in [7, 11) is 3.00. The quantitative estimate of drug-likeness (QED) is 0.278. The van der Waals surface area contributed by atoms with Crippen molar-refractivity contribution in [2.24, 2.45) is 0 Å². The molecule has 0 atom stereocenters. The number of aliphatic hydroxyl groups is 1. The number of carbonyl (C=O) groups is 1. The molecule has 0 aliphatic heterocycles. The number of aromatic amines is 1. The highest BCUT2D eigenvalue weighted by atomic mass is 35.5. The highest BCUT2D eigenvalue weighted by Gasteiger charge is 2.21. The fraction of sp³-hybridized carbons (Fsp3) is 0.174. The van der Waals surface area contributed by atoms with Crippen molar-refractivity contribution in [3.05, 3.63) is 58.1 Å².